The Morgan fingerprint density at radius 1 is 1.06 bits per heavy atom. The van der Waals surface area contributed by atoms with Gasteiger partial charge in [0.15, 0.2) is 0 Å². The zero-order valence-corrected chi connectivity index (χ0v) is 10.8. The molecule has 0 aromatic rings. The number of amides is 4. The minimum Gasteiger partial charge on any atom is -0.373 e. The summed E-state index contributed by atoms with van der Waals surface area (Å²) in [7, 11) is 0. The molecule has 4 amide bonds. The second-order valence-corrected chi connectivity index (χ2v) is 4.20. The first kappa shape index (κ1) is 14.5. The molecule has 0 aromatic carbocycles. The molecule has 3 atom stereocenters. The number of imide groups is 1. The number of hydrogen-bond donors (Lipinski definition) is 3. The SMILES string of the molecule is C=C1NC(=O)NC(=O)N1.CC1CO1.CC1OC1C. The van der Waals surface area contributed by atoms with Gasteiger partial charge in [0.2, 0.25) is 0 Å². The van der Waals surface area contributed by atoms with E-state index in [1.165, 1.54) is 0 Å². The molecule has 102 valence electrons. The van der Waals surface area contributed by atoms with Crippen LogP contribution in [0.15, 0.2) is 12.4 Å². The highest BCUT2D eigenvalue weighted by atomic mass is 16.6. The minimum absolute atomic E-state index is 0.198. The van der Waals surface area contributed by atoms with E-state index in [0.29, 0.717) is 18.3 Å². The molecule has 0 bridgehead atoms. The van der Waals surface area contributed by atoms with E-state index in [1.807, 2.05) is 5.32 Å². The summed E-state index contributed by atoms with van der Waals surface area (Å²) in [5, 5.41) is 6.42. The van der Waals surface area contributed by atoms with Crippen molar-refractivity contribution in [3.8, 4) is 0 Å². The fourth-order valence-electron chi connectivity index (χ4n) is 0.860. The fourth-order valence-corrected chi connectivity index (χ4v) is 0.860. The smallest absolute Gasteiger partial charge is 0.328 e. The fraction of sp³-hybridized carbons (Fsp3) is 0.636. The predicted octanol–water partition coefficient (Wildman–Crippen LogP) is 0.679. The number of nitrogens with one attached hydrogen (secondary N) is 3. The molecule has 3 saturated heterocycles. The average molecular weight is 257 g/mol. The summed E-state index contributed by atoms with van der Waals surface area (Å²) in [6.07, 6.45) is 1.69. The lowest BCUT2D eigenvalue weighted by molar-refractivity contribution is 0.224. The van der Waals surface area contributed by atoms with E-state index >= 15 is 0 Å². The predicted molar refractivity (Wildman–Crippen MR) is 64.8 cm³/mol. The van der Waals surface area contributed by atoms with Crippen molar-refractivity contribution in [2.75, 3.05) is 6.61 Å². The number of rotatable bonds is 0. The van der Waals surface area contributed by atoms with Crippen molar-refractivity contribution >= 4 is 12.1 Å². The quantitative estimate of drug-likeness (QED) is 0.556. The molecule has 0 aromatic heterocycles. The third-order valence-corrected chi connectivity index (χ3v) is 2.27. The van der Waals surface area contributed by atoms with Crippen molar-refractivity contribution in [2.24, 2.45) is 0 Å². The van der Waals surface area contributed by atoms with Crippen molar-refractivity contribution < 1.29 is 19.1 Å². The van der Waals surface area contributed by atoms with Crippen LogP contribution in [0, 0.1) is 0 Å². The molecular formula is C11H19N3O4. The molecule has 7 nitrogen and oxygen atoms in total. The van der Waals surface area contributed by atoms with E-state index < -0.39 is 12.1 Å². The van der Waals surface area contributed by atoms with Crippen LogP contribution in [-0.2, 0) is 9.47 Å². The monoisotopic (exact) mass is 257 g/mol. The Hall–Kier alpha value is -1.60. The van der Waals surface area contributed by atoms with Gasteiger partial charge in [-0.2, -0.15) is 0 Å². The molecule has 3 aliphatic rings. The number of ether oxygens (including phenoxy) is 2. The van der Waals surface area contributed by atoms with Gasteiger partial charge in [0.1, 0.15) is 5.82 Å². The summed E-state index contributed by atoms with van der Waals surface area (Å²) < 4.78 is 9.62. The van der Waals surface area contributed by atoms with Crippen molar-refractivity contribution in [1.29, 1.82) is 0 Å². The first-order valence-corrected chi connectivity index (χ1v) is 5.73. The lowest BCUT2D eigenvalue weighted by Crippen LogP contribution is -2.53. The highest BCUT2D eigenvalue weighted by Gasteiger charge is 2.27. The Balaban J connectivity index is 0.000000150. The van der Waals surface area contributed by atoms with Gasteiger partial charge in [-0.05, 0) is 20.8 Å². The van der Waals surface area contributed by atoms with Crippen LogP contribution in [0.1, 0.15) is 20.8 Å². The number of hydrogen-bond acceptors (Lipinski definition) is 4. The molecule has 3 unspecified atom stereocenters. The van der Waals surface area contributed by atoms with Crippen LogP contribution >= 0.6 is 0 Å². The maximum Gasteiger partial charge on any atom is 0.328 e. The summed E-state index contributed by atoms with van der Waals surface area (Å²) >= 11 is 0. The van der Waals surface area contributed by atoms with Gasteiger partial charge < -0.3 is 9.47 Å². The number of carbonyl (C=O) groups excluding carboxylic acids is 2. The number of epoxide rings is 2. The van der Waals surface area contributed by atoms with Crippen LogP contribution in [0.4, 0.5) is 9.59 Å². The van der Waals surface area contributed by atoms with E-state index in [4.69, 9.17) is 9.47 Å². The van der Waals surface area contributed by atoms with Gasteiger partial charge in [-0.15, -0.1) is 0 Å². The third-order valence-electron chi connectivity index (χ3n) is 2.27. The average Bonchev–Trinajstić information content (AvgIpc) is 3.11. The van der Waals surface area contributed by atoms with Gasteiger partial charge >= 0.3 is 12.1 Å². The third kappa shape index (κ3) is 6.87. The molecule has 0 spiro atoms. The van der Waals surface area contributed by atoms with Crippen molar-refractivity contribution in [2.45, 2.75) is 39.1 Å². The Morgan fingerprint density at radius 2 is 1.39 bits per heavy atom. The molecule has 3 rings (SSSR count). The zero-order valence-electron chi connectivity index (χ0n) is 10.8. The van der Waals surface area contributed by atoms with Gasteiger partial charge in [-0.3, -0.25) is 16.0 Å². The molecule has 0 saturated carbocycles. The maximum atomic E-state index is 10.3. The number of carbonyl (C=O) groups is 2. The van der Waals surface area contributed by atoms with Crippen molar-refractivity contribution in [1.82, 2.24) is 16.0 Å². The van der Waals surface area contributed by atoms with Gasteiger partial charge in [0.05, 0.1) is 24.9 Å². The van der Waals surface area contributed by atoms with Gasteiger partial charge in [0, 0.05) is 0 Å². The van der Waals surface area contributed by atoms with E-state index in [2.05, 4.69) is 38.0 Å². The second kappa shape index (κ2) is 6.36. The lowest BCUT2D eigenvalue weighted by Gasteiger charge is -2.15. The highest BCUT2D eigenvalue weighted by Crippen LogP contribution is 2.18. The Kier molecular flexibility index (Phi) is 5.11. The summed E-state index contributed by atoms with van der Waals surface area (Å²) in [6, 6.07) is -1.10. The van der Waals surface area contributed by atoms with E-state index in [1.54, 1.807) is 0 Å². The summed E-state index contributed by atoms with van der Waals surface area (Å²) in [6.45, 7) is 10.5. The molecule has 3 aliphatic heterocycles. The maximum absolute atomic E-state index is 10.3. The van der Waals surface area contributed by atoms with Crippen LogP contribution in [0.5, 0.6) is 0 Å². The zero-order chi connectivity index (χ0) is 13.7. The van der Waals surface area contributed by atoms with E-state index in [9.17, 15) is 9.59 Å². The van der Waals surface area contributed by atoms with Gasteiger partial charge in [0.25, 0.3) is 0 Å². The summed E-state index contributed by atoms with van der Waals surface area (Å²) in [5.74, 6) is 0.198. The van der Waals surface area contributed by atoms with Crippen molar-refractivity contribution in [3.05, 3.63) is 12.4 Å². The topological polar surface area (TPSA) is 95.3 Å². The van der Waals surface area contributed by atoms with E-state index in [-0.39, 0.29) is 5.82 Å². The molecule has 0 radical (unpaired) electrons. The largest absolute Gasteiger partial charge is 0.373 e. The van der Waals surface area contributed by atoms with Crippen LogP contribution in [0.3, 0.4) is 0 Å². The van der Waals surface area contributed by atoms with Crippen LogP contribution in [-0.4, -0.2) is 37.0 Å². The van der Waals surface area contributed by atoms with Gasteiger partial charge in [-0.25, -0.2) is 9.59 Å². The molecule has 18 heavy (non-hydrogen) atoms. The first-order chi connectivity index (χ1) is 8.38. The molecule has 7 heteroatoms. The van der Waals surface area contributed by atoms with Crippen LogP contribution < -0.4 is 16.0 Å². The summed E-state index contributed by atoms with van der Waals surface area (Å²) in [5.41, 5.74) is 0. The van der Waals surface area contributed by atoms with Crippen molar-refractivity contribution in [3.63, 3.8) is 0 Å². The van der Waals surface area contributed by atoms with Crippen LogP contribution in [0.25, 0.3) is 0 Å². The molecule has 3 N–H and O–H groups in total. The minimum atomic E-state index is -0.552. The molecule has 3 heterocycles. The normalized spacial score (nSPS) is 31.5. The molecule has 3 fully saturated rings. The van der Waals surface area contributed by atoms with E-state index in [0.717, 1.165) is 6.61 Å². The summed E-state index contributed by atoms with van der Waals surface area (Å²) in [4.78, 5) is 20.7. The highest BCUT2D eigenvalue weighted by molar-refractivity contribution is 5.97. The standard InChI is InChI=1S/C4H5N3O2.C4H8O.C3H6O/c1-2-5-3(8)7-4(9)6-2;1-3-4(2)5-3;1-3-2-4-3/h1H2,(H3,5,6,7,8,9);3-4H,1-2H3;3H,2H2,1H3. The Labute approximate surface area is 106 Å². The second-order valence-electron chi connectivity index (χ2n) is 4.20. The van der Waals surface area contributed by atoms with Gasteiger partial charge in [-0.1, -0.05) is 6.58 Å². The number of urea groups is 2. The Morgan fingerprint density at radius 3 is 1.56 bits per heavy atom. The lowest BCUT2D eigenvalue weighted by atomic mass is 10.4. The first-order valence-electron chi connectivity index (χ1n) is 5.73. The van der Waals surface area contributed by atoms with Crippen LogP contribution in [0.2, 0.25) is 0 Å². The Bertz CT molecular complexity index is 290. The molecule has 0 aliphatic carbocycles. The molecular weight excluding hydrogens is 238 g/mol.